The number of sulfone groups is 1. The fraction of sp³-hybridized carbons (Fsp3) is 0.444. The molecule has 26 heavy (non-hydrogen) atoms. The number of nitrogens with one attached hydrogen (secondary N) is 2. The summed E-state index contributed by atoms with van der Waals surface area (Å²) < 4.78 is 24.9. The van der Waals surface area contributed by atoms with E-state index in [0.717, 1.165) is 31.5 Å². The molecule has 0 aliphatic carbocycles. The molecule has 1 aromatic heterocycles. The van der Waals surface area contributed by atoms with Gasteiger partial charge in [0.05, 0.1) is 17.0 Å². The average Bonchev–Trinajstić information content (AvgIpc) is 3.12. The van der Waals surface area contributed by atoms with E-state index in [4.69, 9.17) is 0 Å². The normalized spacial score (nSPS) is 19.1. The summed E-state index contributed by atoms with van der Waals surface area (Å²) in [6.07, 6.45) is 5.18. The largest absolute Gasteiger partial charge is 0.344 e. The van der Waals surface area contributed by atoms with E-state index in [0.29, 0.717) is 5.69 Å². The third-order valence-electron chi connectivity index (χ3n) is 4.64. The zero-order valence-electron chi connectivity index (χ0n) is 15.0. The highest BCUT2D eigenvalue weighted by Crippen LogP contribution is 2.18. The van der Waals surface area contributed by atoms with Gasteiger partial charge in [-0.15, -0.1) is 0 Å². The van der Waals surface area contributed by atoms with E-state index >= 15 is 0 Å². The summed E-state index contributed by atoms with van der Waals surface area (Å²) in [5, 5.41) is 10.7. The van der Waals surface area contributed by atoms with E-state index in [1.165, 1.54) is 6.26 Å². The summed E-state index contributed by atoms with van der Waals surface area (Å²) in [6.45, 7) is 3.75. The quantitative estimate of drug-likeness (QED) is 0.829. The van der Waals surface area contributed by atoms with Crippen molar-refractivity contribution in [1.82, 2.24) is 20.4 Å². The molecular weight excluding hydrogens is 352 g/mol. The zero-order chi connectivity index (χ0) is 18.7. The van der Waals surface area contributed by atoms with Crippen molar-refractivity contribution in [3.05, 3.63) is 47.8 Å². The third-order valence-corrected chi connectivity index (χ3v) is 5.77. The van der Waals surface area contributed by atoms with Crippen molar-refractivity contribution in [3.8, 4) is 0 Å². The van der Waals surface area contributed by atoms with Gasteiger partial charge in [-0.2, -0.15) is 5.10 Å². The molecule has 2 heterocycles. The summed E-state index contributed by atoms with van der Waals surface area (Å²) in [7, 11) is -3.22. The fourth-order valence-corrected chi connectivity index (χ4v) is 3.71. The molecule has 3 rings (SSSR count). The number of nitrogens with zero attached hydrogens (tertiary/aromatic N) is 2. The van der Waals surface area contributed by atoms with Crippen molar-refractivity contribution in [1.29, 1.82) is 0 Å². The van der Waals surface area contributed by atoms with Crippen LogP contribution in [0.4, 0.5) is 0 Å². The predicted molar refractivity (Wildman–Crippen MR) is 98.8 cm³/mol. The number of rotatable bonds is 5. The Morgan fingerprint density at radius 2 is 2.04 bits per heavy atom. The van der Waals surface area contributed by atoms with E-state index in [9.17, 15) is 13.2 Å². The van der Waals surface area contributed by atoms with Crippen LogP contribution in [0.3, 0.4) is 0 Å². The molecule has 1 amide bonds. The minimum Gasteiger partial charge on any atom is -0.344 e. The molecule has 1 fully saturated rings. The first-order chi connectivity index (χ1) is 12.3. The van der Waals surface area contributed by atoms with Gasteiger partial charge in [0.1, 0.15) is 5.69 Å². The first-order valence-corrected chi connectivity index (χ1v) is 10.6. The molecule has 7 nitrogen and oxygen atoms in total. The van der Waals surface area contributed by atoms with Crippen LogP contribution in [0, 0.1) is 0 Å². The molecule has 0 radical (unpaired) electrons. The van der Waals surface area contributed by atoms with E-state index in [-0.39, 0.29) is 22.9 Å². The maximum Gasteiger partial charge on any atom is 0.272 e. The van der Waals surface area contributed by atoms with Crippen LogP contribution in [0.5, 0.6) is 0 Å². The Morgan fingerprint density at radius 3 is 2.65 bits per heavy atom. The van der Waals surface area contributed by atoms with E-state index in [1.54, 1.807) is 30.3 Å². The molecule has 1 aliphatic heterocycles. The number of carbonyl (C=O) groups is 1. The Hall–Kier alpha value is -2.19. The molecule has 2 aromatic rings. The van der Waals surface area contributed by atoms with Crippen molar-refractivity contribution < 1.29 is 13.2 Å². The van der Waals surface area contributed by atoms with E-state index in [2.05, 4.69) is 15.7 Å². The molecular formula is C18H24N4O3S. The summed E-state index contributed by atoms with van der Waals surface area (Å²) in [6, 6.07) is 8.30. The van der Waals surface area contributed by atoms with Gasteiger partial charge in [-0.05, 0) is 50.1 Å². The lowest BCUT2D eigenvalue weighted by molar-refractivity contribution is 0.0933. The van der Waals surface area contributed by atoms with Gasteiger partial charge in [-0.1, -0.05) is 12.1 Å². The third kappa shape index (κ3) is 4.31. The maximum absolute atomic E-state index is 12.5. The lowest BCUT2D eigenvalue weighted by Gasteiger charge is -2.22. The SMILES string of the molecule is CC(NC(=O)c1ccn(C2CCCNC2)n1)c1ccc(S(C)(=O)=O)cc1. The molecule has 8 heteroatoms. The number of hydrogen-bond acceptors (Lipinski definition) is 5. The number of amides is 1. The molecule has 0 spiro atoms. The minimum absolute atomic E-state index is 0.243. The number of benzene rings is 1. The van der Waals surface area contributed by atoms with Crippen LogP contribution in [-0.2, 0) is 9.84 Å². The smallest absolute Gasteiger partial charge is 0.272 e. The van der Waals surface area contributed by atoms with Crippen LogP contribution in [-0.4, -0.2) is 43.5 Å². The zero-order valence-corrected chi connectivity index (χ0v) is 15.8. The highest BCUT2D eigenvalue weighted by atomic mass is 32.2. The molecule has 1 aliphatic rings. The number of hydrogen-bond donors (Lipinski definition) is 2. The molecule has 0 saturated carbocycles. The Kier molecular flexibility index (Phi) is 5.43. The highest BCUT2D eigenvalue weighted by molar-refractivity contribution is 7.90. The lowest BCUT2D eigenvalue weighted by Crippen LogP contribution is -2.32. The van der Waals surface area contributed by atoms with Gasteiger partial charge < -0.3 is 10.6 Å². The minimum atomic E-state index is -3.22. The van der Waals surface area contributed by atoms with E-state index < -0.39 is 9.84 Å². The Labute approximate surface area is 153 Å². The Morgan fingerprint density at radius 1 is 1.31 bits per heavy atom. The van der Waals surface area contributed by atoms with E-state index in [1.807, 2.05) is 17.8 Å². The van der Waals surface area contributed by atoms with Gasteiger partial charge in [-0.25, -0.2) is 8.42 Å². The first-order valence-electron chi connectivity index (χ1n) is 8.71. The predicted octanol–water partition coefficient (Wildman–Crippen LogP) is 1.70. The van der Waals surface area contributed by atoms with Gasteiger partial charge in [0, 0.05) is 19.0 Å². The molecule has 1 saturated heterocycles. The second kappa shape index (κ2) is 7.59. The topological polar surface area (TPSA) is 93.1 Å². The maximum atomic E-state index is 12.5. The van der Waals surface area contributed by atoms with Crippen LogP contribution in [0.15, 0.2) is 41.4 Å². The van der Waals surface area contributed by atoms with Crippen molar-refractivity contribution in [3.63, 3.8) is 0 Å². The van der Waals surface area contributed by atoms with Crippen LogP contribution in [0.1, 0.15) is 47.9 Å². The summed E-state index contributed by atoms with van der Waals surface area (Å²) in [5.74, 6) is -0.243. The first kappa shape index (κ1) is 18.6. The highest BCUT2D eigenvalue weighted by Gasteiger charge is 2.19. The van der Waals surface area contributed by atoms with Crippen LogP contribution < -0.4 is 10.6 Å². The number of piperidine rings is 1. The second-order valence-corrected chi connectivity index (χ2v) is 8.73. The van der Waals surface area contributed by atoms with Crippen LogP contribution in [0.25, 0.3) is 0 Å². The van der Waals surface area contributed by atoms with Gasteiger partial charge in [-0.3, -0.25) is 9.48 Å². The van der Waals surface area contributed by atoms with Crippen LogP contribution >= 0.6 is 0 Å². The molecule has 2 unspecified atom stereocenters. The van der Waals surface area contributed by atoms with Crippen LogP contribution in [0.2, 0.25) is 0 Å². The molecule has 0 bridgehead atoms. The Balaban J connectivity index is 1.65. The summed E-state index contributed by atoms with van der Waals surface area (Å²) >= 11 is 0. The average molecular weight is 376 g/mol. The molecule has 2 atom stereocenters. The number of carbonyl (C=O) groups excluding carboxylic acids is 1. The number of aromatic nitrogens is 2. The second-order valence-electron chi connectivity index (χ2n) is 6.72. The molecule has 2 N–H and O–H groups in total. The molecule has 140 valence electrons. The van der Waals surface area contributed by atoms with Crippen molar-refractivity contribution in [2.45, 2.75) is 36.7 Å². The van der Waals surface area contributed by atoms with Gasteiger partial charge in [0.2, 0.25) is 0 Å². The standard InChI is InChI=1S/C18H24N4O3S/c1-13(14-5-7-16(8-6-14)26(2,24)25)20-18(23)17-9-11-22(21-17)15-4-3-10-19-12-15/h5-9,11,13,15,19H,3-4,10,12H2,1-2H3,(H,20,23). The van der Waals surface area contributed by atoms with Gasteiger partial charge in [0.15, 0.2) is 9.84 Å². The Bertz CT molecular complexity index is 868. The van der Waals surface area contributed by atoms with Crippen molar-refractivity contribution in [2.24, 2.45) is 0 Å². The summed E-state index contributed by atoms with van der Waals surface area (Å²) in [5.41, 5.74) is 1.22. The molecule has 1 aromatic carbocycles. The lowest BCUT2D eigenvalue weighted by atomic mass is 10.1. The van der Waals surface area contributed by atoms with Crippen molar-refractivity contribution >= 4 is 15.7 Å². The van der Waals surface area contributed by atoms with Gasteiger partial charge >= 0.3 is 0 Å². The monoisotopic (exact) mass is 376 g/mol. The fourth-order valence-electron chi connectivity index (χ4n) is 3.08. The summed E-state index contributed by atoms with van der Waals surface area (Å²) in [4.78, 5) is 12.7. The van der Waals surface area contributed by atoms with Crippen molar-refractivity contribution in [2.75, 3.05) is 19.3 Å². The van der Waals surface area contributed by atoms with Gasteiger partial charge in [0.25, 0.3) is 5.91 Å².